The molecule has 0 heterocycles. The van der Waals surface area contributed by atoms with Gasteiger partial charge in [0.25, 0.3) is 0 Å². The number of hydrogen-bond acceptors (Lipinski definition) is 2. The van der Waals surface area contributed by atoms with Crippen LogP contribution in [0.15, 0.2) is 53.0 Å². The Morgan fingerprint density at radius 3 is 2.30 bits per heavy atom. The third-order valence-electron chi connectivity index (χ3n) is 2.94. The fraction of sp³-hybridized carbons (Fsp3) is 0.294. The van der Waals surface area contributed by atoms with Gasteiger partial charge in [-0.3, -0.25) is 0 Å². The molecule has 0 bridgehead atoms. The van der Waals surface area contributed by atoms with E-state index in [2.05, 4.69) is 47.1 Å². The minimum Gasteiger partial charge on any atom is -0.330 e. The van der Waals surface area contributed by atoms with Gasteiger partial charge < -0.3 is 11.5 Å². The summed E-state index contributed by atoms with van der Waals surface area (Å²) in [6, 6.07) is 16.6. The first kappa shape index (κ1) is 16.9. The predicted octanol–water partition coefficient (Wildman–Crippen LogP) is 3.97. The maximum absolute atomic E-state index is 5.68. The molecule has 0 amide bonds. The quantitative estimate of drug-likeness (QED) is 0.892. The van der Waals surface area contributed by atoms with Crippen LogP contribution < -0.4 is 11.5 Å². The summed E-state index contributed by atoms with van der Waals surface area (Å²) in [4.78, 5) is 0. The third kappa shape index (κ3) is 5.87. The van der Waals surface area contributed by atoms with Gasteiger partial charge >= 0.3 is 0 Å². The zero-order valence-electron chi connectivity index (χ0n) is 12.1. The molecule has 0 fully saturated rings. The van der Waals surface area contributed by atoms with Gasteiger partial charge in [0.2, 0.25) is 0 Å². The summed E-state index contributed by atoms with van der Waals surface area (Å²) < 4.78 is 1.15. The molecule has 0 saturated heterocycles. The van der Waals surface area contributed by atoms with Crippen molar-refractivity contribution in [2.24, 2.45) is 11.5 Å². The van der Waals surface area contributed by atoms with Crippen molar-refractivity contribution >= 4 is 15.9 Å². The van der Waals surface area contributed by atoms with E-state index in [0.29, 0.717) is 6.54 Å². The lowest BCUT2D eigenvalue weighted by molar-refractivity contribution is 0.817. The highest BCUT2D eigenvalue weighted by molar-refractivity contribution is 9.10. The number of halogens is 1. The van der Waals surface area contributed by atoms with E-state index in [4.69, 9.17) is 11.5 Å². The molecule has 0 spiro atoms. The molecule has 3 heteroatoms. The van der Waals surface area contributed by atoms with Crippen molar-refractivity contribution in [3.8, 4) is 0 Å². The molecular formula is C17H23BrN2. The highest BCUT2D eigenvalue weighted by atomic mass is 79.9. The van der Waals surface area contributed by atoms with Crippen LogP contribution >= 0.6 is 15.9 Å². The van der Waals surface area contributed by atoms with Crippen molar-refractivity contribution < 1.29 is 0 Å². The van der Waals surface area contributed by atoms with Gasteiger partial charge in [-0.2, -0.15) is 0 Å². The molecule has 2 aromatic carbocycles. The Kier molecular flexibility index (Phi) is 7.52. The zero-order valence-corrected chi connectivity index (χ0v) is 13.7. The lowest BCUT2D eigenvalue weighted by Crippen LogP contribution is -2.04. The summed E-state index contributed by atoms with van der Waals surface area (Å²) in [5.41, 5.74) is 14.9. The van der Waals surface area contributed by atoms with Gasteiger partial charge in [-0.05, 0) is 44.0 Å². The van der Waals surface area contributed by atoms with Gasteiger partial charge in [0.15, 0.2) is 0 Å². The van der Waals surface area contributed by atoms with Crippen LogP contribution in [0, 0.1) is 6.92 Å². The van der Waals surface area contributed by atoms with E-state index in [1.165, 1.54) is 16.7 Å². The Labute approximate surface area is 130 Å². The van der Waals surface area contributed by atoms with E-state index in [9.17, 15) is 0 Å². The Hall–Kier alpha value is -1.16. The summed E-state index contributed by atoms with van der Waals surface area (Å²) in [7, 11) is 0. The maximum Gasteiger partial charge on any atom is 0.0266 e. The summed E-state index contributed by atoms with van der Waals surface area (Å²) in [6.07, 6.45) is 0.946. The molecule has 0 aliphatic carbocycles. The molecule has 1 atom stereocenters. The smallest absolute Gasteiger partial charge is 0.0266 e. The SMILES string of the molecule is Cc1cccc(C(C)N)c1.NCCc1ccccc1Br. The van der Waals surface area contributed by atoms with Gasteiger partial charge in [0.1, 0.15) is 0 Å². The Balaban J connectivity index is 0.000000200. The second-order valence-electron chi connectivity index (χ2n) is 4.83. The second-order valence-corrected chi connectivity index (χ2v) is 5.69. The third-order valence-corrected chi connectivity index (χ3v) is 3.71. The number of nitrogens with two attached hydrogens (primary N) is 2. The fourth-order valence-corrected chi connectivity index (χ4v) is 2.29. The van der Waals surface area contributed by atoms with Crippen molar-refractivity contribution in [3.05, 3.63) is 69.7 Å². The molecular weight excluding hydrogens is 312 g/mol. The van der Waals surface area contributed by atoms with Crippen molar-refractivity contribution in [1.29, 1.82) is 0 Å². The lowest BCUT2D eigenvalue weighted by Gasteiger charge is -2.04. The van der Waals surface area contributed by atoms with Gasteiger partial charge in [-0.1, -0.05) is 64.0 Å². The van der Waals surface area contributed by atoms with Gasteiger partial charge in [0, 0.05) is 10.5 Å². The van der Waals surface area contributed by atoms with E-state index < -0.39 is 0 Å². The van der Waals surface area contributed by atoms with Gasteiger partial charge in [-0.25, -0.2) is 0 Å². The molecule has 1 unspecified atom stereocenters. The minimum absolute atomic E-state index is 0.153. The first-order valence-electron chi connectivity index (χ1n) is 6.80. The molecule has 0 saturated carbocycles. The van der Waals surface area contributed by atoms with Crippen molar-refractivity contribution in [2.45, 2.75) is 26.3 Å². The van der Waals surface area contributed by atoms with Crippen molar-refractivity contribution in [1.82, 2.24) is 0 Å². The second kappa shape index (κ2) is 8.90. The average molecular weight is 335 g/mol. The summed E-state index contributed by atoms with van der Waals surface area (Å²) in [5.74, 6) is 0. The van der Waals surface area contributed by atoms with E-state index in [0.717, 1.165) is 10.9 Å². The summed E-state index contributed by atoms with van der Waals surface area (Å²) >= 11 is 3.44. The van der Waals surface area contributed by atoms with E-state index in [1.54, 1.807) is 0 Å². The topological polar surface area (TPSA) is 52.0 Å². The van der Waals surface area contributed by atoms with Crippen LogP contribution in [0.1, 0.15) is 29.7 Å². The molecule has 0 radical (unpaired) electrons. The molecule has 2 nitrogen and oxygen atoms in total. The summed E-state index contributed by atoms with van der Waals surface area (Å²) in [6.45, 7) is 4.78. The Bertz CT molecular complexity index is 524. The van der Waals surface area contributed by atoms with Gasteiger partial charge in [-0.15, -0.1) is 0 Å². The highest BCUT2D eigenvalue weighted by Gasteiger charge is 1.96. The molecule has 2 aromatic rings. The van der Waals surface area contributed by atoms with Crippen LogP contribution in [0.4, 0.5) is 0 Å². The largest absolute Gasteiger partial charge is 0.330 e. The molecule has 0 aliphatic heterocycles. The number of benzene rings is 2. The zero-order chi connectivity index (χ0) is 15.0. The normalized spacial score (nSPS) is 11.4. The fourth-order valence-electron chi connectivity index (χ4n) is 1.81. The summed E-state index contributed by atoms with van der Waals surface area (Å²) in [5, 5.41) is 0. The molecule has 4 N–H and O–H groups in total. The van der Waals surface area contributed by atoms with Crippen LogP contribution in [0.5, 0.6) is 0 Å². The number of rotatable bonds is 3. The lowest BCUT2D eigenvalue weighted by atomic mass is 10.1. The Morgan fingerprint density at radius 1 is 1.10 bits per heavy atom. The molecule has 0 aliphatic rings. The van der Waals surface area contributed by atoms with Crippen molar-refractivity contribution in [2.75, 3.05) is 6.54 Å². The number of aryl methyl sites for hydroxylation is 1. The van der Waals surface area contributed by atoms with Crippen LogP contribution in [0.25, 0.3) is 0 Å². The first-order valence-corrected chi connectivity index (χ1v) is 7.59. The van der Waals surface area contributed by atoms with E-state index in [-0.39, 0.29) is 6.04 Å². The monoisotopic (exact) mass is 334 g/mol. The maximum atomic E-state index is 5.68. The number of hydrogen-bond donors (Lipinski definition) is 2. The predicted molar refractivity (Wildman–Crippen MR) is 90.7 cm³/mol. The van der Waals surface area contributed by atoms with Crippen LogP contribution in [0.3, 0.4) is 0 Å². The van der Waals surface area contributed by atoms with Crippen LogP contribution in [0.2, 0.25) is 0 Å². The van der Waals surface area contributed by atoms with Crippen LogP contribution in [-0.2, 0) is 6.42 Å². The van der Waals surface area contributed by atoms with Gasteiger partial charge in [0.05, 0.1) is 0 Å². The van der Waals surface area contributed by atoms with Crippen LogP contribution in [-0.4, -0.2) is 6.54 Å². The van der Waals surface area contributed by atoms with E-state index >= 15 is 0 Å². The van der Waals surface area contributed by atoms with E-state index in [1.807, 2.05) is 31.2 Å². The molecule has 2 rings (SSSR count). The standard InChI is InChI=1S/C9H13N.C8H10BrN/c1-7-4-3-5-9(6-7)8(2)10;9-8-4-2-1-3-7(8)5-6-10/h3-6,8H,10H2,1-2H3;1-4H,5-6,10H2. The molecule has 0 aromatic heterocycles. The minimum atomic E-state index is 0.153. The highest BCUT2D eigenvalue weighted by Crippen LogP contribution is 2.15. The molecule has 20 heavy (non-hydrogen) atoms. The molecule has 108 valence electrons. The first-order chi connectivity index (χ1) is 9.54. The average Bonchev–Trinajstić information content (AvgIpc) is 2.42. The van der Waals surface area contributed by atoms with Crippen molar-refractivity contribution in [3.63, 3.8) is 0 Å². The Morgan fingerprint density at radius 2 is 1.80 bits per heavy atom.